The molecule has 1 unspecified atom stereocenters. The topological polar surface area (TPSA) is 29.5 Å². The lowest BCUT2D eigenvalue weighted by atomic mass is 10.0. The molecule has 2 nitrogen and oxygen atoms in total. The van der Waals surface area contributed by atoms with Crippen molar-refractivity contribution in [3.63, 3.8) is 0 Å². The SMILES string of the molecule is COc1cccc(C)c1C(O)CF. The summed E-state index contributed by atoms with van der Waals surface area (Å²) >= 11 is 0. The largest absolute Gasteiger partial charge is 0.496 e. The first-order chi connectivity index (χ1) is 6.20. The van der Waals surface area contributed by atoms with Gasteiger partial charge < -0.3 is 9.84 Å². The Balaban J connectivity index is 3.14. The van der Waals surface area contributed by atoms with Crippen molar-refractivity contribution in [2.75, 3.05) is 13.8 Å². The van der Waals surface area contributed by atoms with Crippen LogP contribution in [-0.2, 0) is 0 Å². The molecule has 0 spiro atoms. The number of halogens is 1. The first-order valence-electron chi connectivity index (χ1n) is 4.08. The number of rotatable bonds is 3. The molecule has 72 valence electrons. The Kier molecular flexibility index (Phi) is 3.25. The van der Waals surface area contributed by atoms with Crippen LogP contribution in [0, 0.1) is 6.92 Å². The van der Waals surface area contributed by atoms with Crippen molar-refractivity contribution in [1.29, 1.82) is 0 Å². The van der Waals surface area contributed by atoms with E-state index in [1.165, 1.54) is 7.11 Å². The number of hydrogen-bond donors (Lipinski definition) is 1. The highest BCUT2D eigenvalue weighted by molar-refractivity contribution is 5.41. The fourth-order valence-electron chi connectivity index (χ4n) is 1.34. The van der Waals surface area contributed by atoms with Gasteiger partial charge in [0.2, 0.25) is 0 Å². The maximum Gasteiger partial charge on any atom is 0.125 e. The summed E-state index contributed by atoms with van der Waals surface area (Å²) in [7, 11) is 1.50. The molecule has 0 aliphatic heterocycles. The highest BCUT2D eigenvalue weighted by Gasteiger charge is 2.14. The lowest BCUT2D eigenvalue weighted by Crippen LogP contribution is -2.04. The summed E-state index contributed by atoms with van der Waals surface area (Å²) in [6, 6.07) is 5.33. The third-order valence-electron chi connectivity index (χ3n) is 1.98. The lowest BCUT2D eigenvalue weighted by molar-refractivity contribution is 0.138. The quantitative estimate of drug-likeness (QED) is 0.778. The highest BCUT2D eigenvalue weighted by atomic mass is 19.1. The van der Waals surface area contributed by atoms with Crippen molar-refractivity contribution >= 4 is 0 Å². The van der Waals surface area contributed by atoms with Gasteiger partial charge in [-0.05, 0) is 18.6 Å². The maximum absolute atomic E-state index is 12.3. The molecule has 3 heteroatoms. The molecule has 0 saturated heterocycles. The lowest BCUT2D eigenvalue weighted by Gasteiger charge is -2.14. The molecule has 1 atom stereocenters. The van der Waals surface area contributed by atoms with Gasteiger partial charge in [-0.2, -0.15) is 0 Å². The fourth-order valence-corrected chi connectivity index (χ4v) is 1.34. The molecule has 0 aromatic heterocycles. The molecule has 0 radical (unpaired) electrons. The molecule has 13 heavy (non-hydrogen) atoms. The van der Waals surface area contributed by atoms with Gasteiger partial charge in [-0.25, -0.2) is 4.39 Å². The molecule has 1 aromatic carbocycles. The van der Waals surface area contributed by atoms with E-state index < -0.39 is 12.8 Å². The summed E-state index contributed by atoms with van der Waals surface area (Å²) in [4.78, 5) is 0. The van der Waals surface area contributed by atoms with Crippen molar-refractivity contribution in [3.8, 4) is 5.75 Å². The molecular weight excluding hydrogens is 171 g/mol. The van der Waals surface area contributed by atoms with Gasteiger partial charge in [-0.15, -0.1) is 0 Å². The van der Waals surface area contributed by atoms with E-state index in [0.29, 0.717) is 11.3 Å². The molecule has 0 bridgehead atoms. The Labute approximate surface area is 77.0 Å². The Morgan fingerprint density at radius 1 is 1.54 bits per heavy atom. The van der Waals surface area contributed by atoms with Crippen LogP contribution in [-0.4, -0.2) is 18.9 Å². The zero-order valence-electron chi connectivity index (χ0n) is 7.75. The number of ether oxygens (including phenoxy) is 1. The summed E-state index contributed by atoms with van der Waals surface area (Å²) in [5, 5.41) is 9.37. The number of methoxy groups -OCH3 is 1. The number of alkyl halides is 1. The van der Waals surface area contributed by atoms with Crippen LogP contribution in [0.4, 0.5) is 4.39 Å². The third kappa shape index (κ3) is 1.98. The Morgan fingerprint density at radius 2 is 2.23 bits per heavy atom. The predicted octanol–water partition coefficient (Wildman–Crippen LogP) is 2.01. The molecule has 0 amide bonds. The smallest absolute Gasteiger partial charge is 0.125 e. The van der Waals surface area contributed by atoms with E-state index in [4.69, 9.17) is 4.74 Å². The summed E-state index contributed by atoms with van der Waals surface area (Å²) in [6.45, 7) is 1.03. The Bertz CT molecular complexity index is 286. The maximum atomic E-state index is 12.3. The van der Waals surface area contributed by atoms with Crippen LogP contribution in [0.2, 0.25) is 0 Å². The van der Waals surface area contributed by atoms with Crippen molar-refractivity contribution in [1.82, 2.24) is 0 Å². The van der Waals surface area contributed by atoms with E-state index in [1.54, 1.807) is 6.07 Å². The number of aliphatic hydroxyl groups excluding tert-OH is 1. The van der Waals surface area contributed by atoms with Crippen LogP contribution in [0.25, 0.3) is 0 Å². The number of aliphatic hydroxyl groups is 1. The van der Waals surface area contributed by atoms with E-state index in [0.717, 1.165) is 5.56 Å². The van der Waals surface area contributed by atoms with Gasteiger partial charge in [-0.1, -0.05) is 12.1 Å². The molecular formula is C10H13FO2. The van der Waals surface area contributed by atoms with Gasteiger partial charge in [0.25, 0.3) is 0 Å². The van der Waals surface area contributed by atoms with Crippen LogP contribution in [0.15, 0.2) is 18.2 Å². The van der Waals surface area contributed by atoms with Crippen LogP contribution in [0.5, 0.6) is 5.75 Å². The van der Waals surface area contributed by atoms with E-state index >= 15 is 0 Å². The number of benzene rings is 1. The number of aryl methyl sites for hydroxylation is 1. The summed E-state index contributed by atoms with van der Waals surface area (Å²) < 4.78 is 17.3. The minimum atomic E-state index is -1.09. The van der Waals surface area contributed by atoms with Crippen LogP contribution < -0.4 is 4.74 Å². The van der Waals surface area contributed by atoms with E-state index in [9.17, 15) is 9.50 Å². The fraction of sp³-hybridized carbons (Fsp3) is 0.400. The molecule has 1 rings (SSSR count). The molecule has 1 aromatic rings. The second kappa shape index (κ2) is 4.23. The standard InChI is InChI=1S/C10H13FO2/c1-7-4-3-5-9(13-2)10(7)8(12)6-11/h3-5,8,12H,6H2,1-2H3. The van der Waals surface area contributed by atoms with Crippen LogP contribution >= 0.6 is 0 Å². The Hall–Kier alpha value is -1.09. The normalized spacial score (nSPS) is 12.6. The van der Waals surface area contributed by atoms with Gasteiger partial charge in [0.1, 0.15) is 18.5 Å². The first kappa shape index (κ1) is 9.99. The second-order valence-corrected chi connectivity index (χ2v) is 2.86. The summed E-state index contributed by atoms with van der Waals surface area (Å²) in [5.74, 6) is 0.533. The average Bonchev–Trinajstić information content (AvgIpc) is 2.16. The molecule has 0 fully saturated rings. The van der Waals surface area contributed by atoms with Crippen LogP contribution in [0.3, 0.4) is 0 Å². The van der Waals surface area contributed by atoms with E-state index in [1.807, 2.05) is 19.1 Å². The number of hydrogen-bond acceptors (Lipinski definition) is 2. The van der Waals surface area contributed by atoms with Crippen molar-refractivity contribution in [2.45, 2.75) is 13.0 Å². The van der Waals surface area contributed by atoms with Crippen molar-refractivity contribution in [2.24, 2.45) is 0 Å². The monoisotopic (exact) mass is 184 g/mol. The minimum absolute atomic E-state index is 0.533. The van der Waals surface area contributed by atoms with E-state index in [2.05, 4.69) is 0 Å². The molecule has 0 aliphatic carbocycles. The predicted molar refractivity (Wildman–Crippen MR) is 48.7 cm³/mol. The average molecular weight is 184 g/mol. The van der Waals surface area contributed by atoms with Gasteiger partial charge in [-0.3, -0.25) is 0 Å². The van der Waals surface area contributed by atoms with Gasteiger partial charge >= 0.3 is 0 Å². The molecule has 0 saturated carbocycles. The summed E-state index contributed by atoms with van der Waals surface area (Å²) in [5.41, 5.74) is 1.37. The third-order valence-corrected chi connectivity index (χ3v) is 1.98. The van der Waals surface area contributed by atoms with E-state index in [-0.39, 0.29) is 0 Å². The minimum Gasteiger partial charge on any atom is -0.496 e. The zero-order chi connectivity index (χ0) is 9.84. The second-order valence-electron chi connectivity index (χ2n) is 2.86. The molecule has 1 N–H and O–H groups in total. The zero-order valence-corrected chi connectivity index (χ0v) is 7.75. The van der Waals surface area contributed by atoms with Gasteiger partial charge in [0.05, 0.1) is 7.11 Å². The van der Waals surface area contributed by atoms with Crippen molar-refractivity contribution in [3.05, 3.63) is 29.3 Å². The Morgan fingerprint density at radius 3 is 2.77 bits per heavy atom. The first-order valence-corrected chi connectivity index (χ1v) is 4.08. The summed E-state index contributed by atoms with van der Waals surface area (Å²) in [6.07, 6.45) is -1.09. The highest BCUT2D eigenvalue weighted by Crippen LogP contribution is 2.28. The van der Waals surface area contributed by atoms with Crippen LogP contribution in [0.1, 0.15) is 17.2 Å². The van der Waals surface area contributed by atoms with Gasteiger partial charge in [0, 0.05) is 5.56 Å². The molecule has 0 heterocycles. The van der Waals surface area contributed by atoms with Crippen molar-refractivity contribution < 1.29 is 14.2 Å². The van der Waals surface area contributed by atoms with Gasteiger partial charge in [0.15, 0.2) is 0 Å². The molecule has 0 aliphatic rings.